The van der Waals surface area contributed by atoms with Crippen molar-refractivity contribution in [3.05, 3.63) is 54.6 Å². The zero-order valence-corrected chi connectivity index (χ0v) is 11.3. The fraction of sp³-hybridized carbons (Fsp3) is 0. The molecule has 0 amide bonds. The fourth-order valence-corrected chi connectivity index (χ4v) is 1.34. The summed E-state index contributed by atoms with van der Waals surface area (Å²) in [5.41, 5.74) is 1.92. The molecule has 2 aromatic carbocycles. The summed E-state index contributed by atoms with van der Waals surface area (Å²) in [7, 11) is 0. The summed E-state index contributed by atoms with van der Waals surface area (Å²) in [6, 6.07) is 17.2. The molecule has 0 aliphatic heterocycles. The van der Waals surface area contributed by atoms with Gasteiger partial charge in [-0.3, -0.25) is 0 Å². The van der Waals surface area contributed by atoms with Crippen molar-refractivity contribution < 1.29 is 57.9 Å². The van der Waals surface area contributed by atoms with Gasteiger partial charge in [-0.1, -0.05) is 48.5 Å². The third-order valence-corrected chi connectivity index (χ3v) is 1.99. The number of para-hydroxylation sites is 1. The van der Waals surface area contributed by atoms with E-state index in [9.17, 15) is 5.11 Å². The van der Waals surface area contributed by atoms with Crippen LogP contribution in [0, 0.1) is 0 Å². The molecule has 66 valence electrons. The van der Waals surface area contributed by atoms with Crippen LogP contribution in [0.4, 0.5) is 0 Å². The first kappa shape index (κ1) is 11.9. The number of aromatic hydroxyl groups is 1. The van der Waals surface area contributed by atoms with Crippen molar-refractivity contribution in [2.24, 2.45) is 0 Å². The monoisotopic (exact) mass is 210 g/mol. The van der Waals surface area contributed by atoms with Crippen molar-refractivity contribution in [1.29, 1.82) is 0 Å². The smallest absolute Gasteiger partial charge is 1.00 e. The summed E-state index contributed by atoms with van der Waals surface area (Å²) in [4.78, 5) is 0. The van der Waals surface area contributed by atoms with Crippen LogP contribution in [-0.2, 0) is 0 Å². The molecule has 0 aromatic heterocycles. The Hall–Kier alpha value is -0.124. The van der Waals surface area contributed by atoms with Crippen molar-refractivity contribution in [2.75, 3.05) is 0 Å². The summed E-state index contributed by atoms with van der Waals surface area (Å²) in [5.74, 6) is 0.328. The van der Waals surface area contributed by atoms with Crippen LogP contribution in [0.25, 0.3) is 11.1 Å². The van der Waals surface area contributed by atoms with E-state index in [0.717, 1.165) is 11.1 Å². The van der Waals surface area contributed by atoms with Gasteiger partial charge in [-0.2, -0.15) is 0 Å². The Balaban J connectivity index is 0.000000980. The Labute approximate surface area is 128 Å². The fourth-order valence-electron chi connectivity index (χ4n) is 1.34. The van der Waals surface area contributed by atoms with Crippen LogP contribution in [0.5, 0.6) is 5.75 Å². The van der Waals surface area contributed by atoms with Gasteiger partial charge in [0, 0.05) is 5.56 Å². The molecular weight excluding hydrogens is 199 g/mol. The van der Waals surface area contributed by atoms with Gasteiger partial charge in [-0.15, -0.1) is 0 Å². The van der Waals surface area contributed by atoms with Crippen LogP contribution in [0.3, 0.4) is 0 Å². The Morgan fingerprint density at radius 1 is 0.786 bits per heavy atom. The van der Waals surface area contributed by atoms with Gasteiger partial charge < -0.3 is 6.53 Å². The maximum absolute atomic E-state index is 9.56. The maximum Gasteiger partial charge on any atom is 1.00 e. The number of benzene rings is 2. The van der Waals surface area contributed by atoms with Crippen LogP contribution in [0.15, 0.2) is 54.6 Å². The summed E-state index contributed by atoms with van der Waals surface area (Å²) in [5, 5.41) is 9.56. The van der Waals surface area contributed by atoms with Gasteiger partial charge in [0.05, 0.1) is 0 Å². The third kappa shape index (κ3) is 2.68. The predicted molar refractivity (Wildman–Crippen MR) is 54.7 cm³/mol. The Morgan fingerprint density at radius 2 is 1.36 bits per heavy atom. The van der Waals surface area contributed by atoms with Crippen LogP contribution >= 0.6 is 0 Å². The average Bonchev–Trinajstić information content (AvgIpc) is 2.20. The first-order chi connectivity index (χ1) is 6.38. The van der Waals surface area contributed by atoms with E-state index in [0.29, 0.717) is 5.75 Å². The van der Waals surface area contributed by atoms with Gasteiger partial charge in [0.2, 0.25) is 0 Å². The van der Waals surface area contributed by atoms with Crippen molar-refractivity contribution in [2.45, 2.75) is 0 Å². The Kier molecular flexibility index (Phi) is 4.85. The SMILES string of the molecule is Oc1ccccc1-c1ccccc1.[H-].[K+]. The van der Waals surface area contributed by atoms with Crippen LogP contribution < -0.4 is 51.4 Å². The topological polar surface area (TPSA) is 20.2 Å². The minimum atomic E-state index is 0. The second-order valence-corrected chi connectivity index (χ2v) is 2.88. The second-order valence-electron chi connectivity index (χ2n) is 2.88. The molecule has 2 aromatic rings. The first-order valence-corrected chi connectivity index (χ1v) is 4.21. The number of phenolic OH excluding ortho intramolecular Hbond substituents is 1. The number of rotatable bonds is 1. The molecule has 0 saturated heterocycles. The minimum Gasteiger partial charge on any atom is -1.00 e. The molecule has 0 aliphatic rings. The molecule has 2 rings (SSSR count). The van der Waals surface area contributed by atoms with E-state index in [2.05, 4.69) is 0 Å². The summed E-state index contributed by atoms with van der Waals surface area (Å²) in [6.45, 7) is 0. The third-order valence-electron chi connectivity index (χ3n) is 1.99. The van der Waals surface area contributed by atoms with Gasteiger partial charge in [0.1, 0.15) is 5.75 Å². The van der Waals surface area contributed by atoms with Crippen LogP contribution in [0.1, 0.15) is 1.43 Å². The van der Waals surface area contributed by atoms with Crippen molar-refractivity contribution >= 4 is 0 Å². The largest absolute Gasteiger partial charge is 1.00 e. The number of phenols is 1. The molecule has 0 saturated carbocycles. The Morgan fingerprint density at radius 3 is 2.00 bits per heavy atom. The number of hydrogen-bond donors (Lipinski definition) is 1. The normalized spacial score (nSPS) is 9.14. The van der Waals surface area contributed by atoms with Gasteiger partial charge in [-0.05, 0) is 11.6 Å². The van der Waals surface area contributed by atoms with E-state index >= 15 is 0 Å². The van der Waals surface area contributed by atoms with Gasteiger partial charge >= 0.3 is 51.4 Å². The standard InChI is InChI=1S/C12H10O.K.H/c13-12-9-5-4-8-11(12)10-6-2-1-3-7-10;;/h1-9,13H;;/q;+1;-1. The molecule has 0 fully saturated rings. The quantitative estimate of drug-likeness (QED) is 0.666. The first-order valence-electron chi connectivity index (χ1n) is 4.21. The Bertz CT molecular complexity index is 403. The van der Waals surface area contributed by atoms with Crippen LogP contribution in [-0.4, -0.2) is 5.11 Å². The van der Waals surface area contributed by atoms with Crippen molar-refractivity contribution in [3.63, 3.8) is 0 Å². The molecule has 0 heterocycles. The van der Waals surface area contributed by atoms with E-state index in [1.165, 1.54) is 0 Å². The molecule has 2 heteroatoms. The van der Waals surface area contributed by atoms with E-state index < -0.39 is 0 Å². The van der Waals surface area contributed by atoms with E-state index in [4.69, 9.17) is 0 Å². The van der Waals surface area contributed by atoms with Gasteiger partial charge in [0.25, 0.3) is 0 Å². The summed E-state index contributed by atoms with van der Waals surface area (Å²) >= 11 is 0. The molecule has 0 unspecified atom stereocenters. The molecular formula is C12H11KO. The maximum atomic E-state index is 9.56. The number of hydrogen-bond acceptors (Lipinski definition) is 1. The molecule has 0 atom stereocenters. The minimum absolute atomic E-state index is 0. The van der Waals surface area contributed by atoms with Crippen LogP contribution in [0.2, 0.25) is 0 Å². The summed E-state index contributed by atoms with van der Waals surface area (Å²) in [6.07, 6.45) is 0. The van der Waals surface area contributed by atoms with E-state index in [1.807, 2.05) is 48.5 Å². The van der Waals surface area contributed by atoms with Crippen molar-refractivity contribution in [1.82, 2.24) is 0 Å². The van der Waals surface area contributed by atoms with Crippen molar-refractivity contribution in [3.8, 4) is 16.9 Å². The van der Waals surface area contributed by atoms with Gasteiger partial charge in [-0.25, -0.2) is 0 Å². The zero-order chi connectivity index (χ0) is 9.10. The van der Waals surface area contributed by atoms with E-state index in [-0.39, 0.29) is 52.8 Å². The predicted octanol–water partition coefficient (Wildman–Crippen LogP) is 0.176. The molecule has 0 bridgehead atoms. The molecule has 1 nitrogen and oxygen atoms in total. The zero-order valence-electron chi connectivity index (χ0n) is 9.14. The molecule has 14 heavy (non-hydrogen) atoms. The average molecular weight is 210 g/mol. The summed E-state index contributed by atoms with van der Waals surface area (Å²) < 4.78 is 0. The molecule has 0 spiro atoms. The van der Waals surface area contributed by atoms with Gasteiger partial charge in [0.15, 0.2) is 0 Å². The molecule has 0 aliphatic carbocycles. The van der Waals surface area contributed by atoms with E-state index in [1.54, 1.807) is 6.07 Å². The molecule has 0 radical (unpaired) electrons. The molecule has 1 N–H and O–H groups in total. The second kappa shape index (κ2) is 5.68.